The lowest BCUT2D eigenvalue weighted by Crippen LogP contribution is -2.47. The fourth-order valence-electron chi connectivity index (χ4n) is 2.29. The standard InChI is InChI=1S/C11H19N3O3S/c1-13(18(2,15)16)11-4-3-5-14(7-11)6-10-8-17-9-12-10/h8-9,11H,3-7H2,1-2H3. The van der Waals surface area contributed by atoms with Crippen molar-refractivity contribution in [3.8, 4) is 0 Å². The lowest BCUT2D eigenvalue weighted by molar-refractivity contribution is 0.152. The number of nitrogens with zero attached hydrogens (tertiary/aromatic N) is 3. The average molecular weight is 273 g/mol. The summed E-state index contributed by atoms with van der Waals surface area (Å²) in [7, 11) is -1.46. The molecule has 1 aliphatic heterocycles. The smallest absolute Gasteiger partial charge is 0.211 e. The molecule has 0 saturated carbocycles. The number of hydrogen-bond donors (Lipinski definition) is 0. The van der Waals surface area contributed by atoms with Crippen LogP contribution in [0.4, 0.5) is 0 Å². The fourth-order valence-corrected chi connectivity index (χ4v) is 3.00. The molecular formula is C11H19N3O3S. The van der Waals surface area contributed by atoms with Crippen molar-refractivity contribution >= 4 is 10.0 Å². The third-order valence-electron chi connectivity index (χ3n) is 3.39. The lowest BCUT2D eigenvalue weighted by Gasteiger charge is -2.36. The maximum atomic E-state index is 11.5. The molecule has 2 heterocycles. The molecule has 18 heavy (non-hydrogen) atoms. The number of sulfonamides is 1. The van der Waals surface area contributed by atoms with Crippen molar-refractivity contribution in [2.75, 3.05) is 26.4 Å². The van der Waals surface area contributed by atoms with E-state index in [0.29, 0.717) is 6.54 Å². The third-order valence-corrected chi connectivity index (χ3v) is 4.73. The maximum absolute atomic E-state index is 11.5. The van der Waals surface area contributed by atoms with E-state index in [9.17, 15) is 8.42 Å². The van der Waals surface area contributed by atoms with Gasteiger partial charge in [0, 0.05) is 26.2 Å². The van der Waals surface area contributed by atoms with Gasteiger partial charge >= 0.3 is 0 Å². The van der Waals surface area contributed by atoms with E-state index in [1.54, 1.807) is 13.3 Å². The summed E-state index contributed by atoms with van der Waals surface area (Å²) in [5, 5.41) is 0. The first-order chi connectivity index (χ1) is 8.47. The molecule has 2 rings (SSSR count). The predicted octanol–water partition coefficient (Wildman–Crippen LogP) is 0.530. The van der Waals surface area contributed by atoms with Gasteiger partial charge in [-0.25, -0.2) is 17.7 Å². The number of hydrogen-bond acceptors (Lipinski definition) is 5. The molecule has 1 fully saturated rings. The highest BCUT2D eigenvalue weighted by atomic mass is 32.2. The van der Waals surface area contributed by atoms with E-state index in [1.807, 2.05) is 0 Å². The molecule has 0 spiro atoms. The van der Waals surface area contributed by atoms with E-state index < -0.39 is 10.0 Å². The molecular weight excluding hydrogens is 254 g/mol. The number of aromatic nitrogens is 1. The van der Waals surface area contributed by atoms with Gasteiger partial charge in [-0.05, 0) is 19.4 Å². The van der Waals surface area contributed by atoms with E-state index in [2.05, 4.69) is 9.88 Å². The molecule has 0 aromatic carbocycles. The normalized spacial score (nSPS) is 22.5. The Bertz CT molecular complexity index is 472. The van der Waals surface area contributed by atoms with Crippen LogP contribution >= 0.6 is 0 Å². The molecule has 0 radical (unpaired) electrons. The molecule has 7 heteroatoms. The molecule has 0 aliphatic carbocycles. The molecule has 1 saturated heterocycles. The van der Waals surface area contributed by atoms with Crippen molar-refractivity contribution in [3.63, 3.8) is 0 Å². The van der Waals surface area contributed by atoms with Gasteiger partial charge in [0.2, 0.25) is 10.0 Å². The van der Waals surface area contributed by atoms with E-state index in [-0.39, 0.29) is 6.04 Å². The minimum Gasteiger partial charge on any atom is -0.451 e. The molecule has 1 unspecified atom stereocenters. The topological polar surface area (TPSA) is 66.7 Å². The molecule has 6 nitrogen and oxygen atoms in total. The van der Waals surface area contributed by atoms with Crippen molar-refractivity contribution < 1.29 is 12.8 Å². The summed E-state index contributed by atoms with van der Waals surface area (Å²) in [6.45, 7) is 2.43. The van der Waals surface area contributed by atoms with Gasteiger partial charge in [0.15, 0.2) is 6.39 Å². The van der Waals surface area contributed by atoms with Crippen LogP contribution in [0.25, 0.3) is 0 Å². The van der Waals surface area contributed by atoms with Crippen LogP contribution < -0.4 is 0 Å². The second-order valence-corrected chi connectivity index (χ2v) is 6.83. The van der Waals surface area contributed by atoms with E-state index >= 15 is 0 Å². The zero-order valence-electron chi connectivity index (χ0n) is 10.7. The van der Waals surface area contributed by atoms with Gasteiger partial charge in [-0.3, -0.25) is 4.90 Å². The maximum Gasteiger partial charge on any atom is 0.211 e. The van der Waals surface area contributed by atoms with E-state index in [4.69, 9.17) is 4.42 Å². The summed E-state index contributed by atoms with van der Waals surface area (Å²) in [4.78, 5) is 6.30. The van der Waals surface area contributed by atoms with Gasteiger partial charge in [-0.15, -0.1) is 0 Å². The first kappa shape index (κ1) is 13.5. The Morgan fingerprint density at radius 3 is 3.00 bits per heavy atom. The van der Waals surface area contributed by atoms with Gasteiger partial charge < -0.3 is 4.42 Å². The van der Waals surface area contributed by atoms with Gasteiger partial charge in [-0.1, -0.05) is 0 Å². The van der Waals surface area contributed by atoms with Crippen LogP contribution in [0.3, 0.4) is 0 Å². The molecule has 1 aromatic rings. The Morgan fingerprint density at radius 2 is 2.39 bits per heavy atom. The Balaban J connectivity index is 1.96. The Hall–Kier alpha value is -0.920. The predicted molar refractivity (Wildman–Crippen MR) is 67.4 cm³/mol. The van der Waals surface area contributed by atoms with Crippen molar-refractivity contribution in [2.24, 2.45) is 0 Å². The highest BCUT2D eigenvalue weighted by Crippen LogP contribution is 2.18. The fraction of sp³-hybridized carbons (Fsp3) is 0.727. The zero-order valence-corrected chi connectivity index (χ0v) is 11.6. The van der Waals surface area contributed by atoms with Crippen LogP contribution in [0.2, 0.25) is 0 Å². The number of piperidine rings is 1. The van der Waals surface area contributed by atoms with Crippen molar-refractivity contribution in [1.82, 2.24) is 14.2 Å². The van der Waals surface area contributed by atoms with Crippen molar-refractivity contribution in [3.05, 3.63) is 18.4 Å². The second-order valence-electron chi connectivity index (χ2n) is 4.79. The monoisotopic (exact) mass is 273 g/mol. The van der Waals surface area contributed by atoms with Crippen LogP contribution in [-0.4, -0.2) is 55.0 Å². The first-order valence-electron chi connectivity index (χ1n) is 5.99. The molecule has 0 bridgehead atoms. The average Bonchev–Trinajstić information content (AvgIpc) is 2.80. The summed E-state index contributed by atoms with van der Waals surface area (Å²) < 4.78 is 29.5. The number of likely N-dealkylation sites (N-methyl/N-ethyl adjacent to an activating group) is 1. The van der Waals surface area contributed by atoms with Gasteiger partial charge in [0.25, 0.3) is 0 Å². The Kier molecular flexibility index (Phi) is 4.04. The van der Waals surface area contributed by atoms with Gasteiger partial charge in [0.05, 0.1) is 11.9 Å². The molecule has 102 valence electrons. The van der Waals surface area contributed by atoms with Gasteiger partial charge in [-0.2, -0.15) is 0 Å². The Labute approximate surface area is 108 Å². The summed E-state index contributed by atoms with van der Waals surface area (Å²) >= 11 is 0. The highest BCUT2D eigenvalue weighted by Gasteiger charge is 2.28. The van der Waals surface area contributed by atoms with Crippen LogP contribution in [0, 0.1) is 0 Å². The summed E-state index contributed by atoms with van der Waals surface area (Å²) in [6, 6.07) is 0.0562. The number of likely N-dealkylation sites (tertiary alicyclic amines) is 1. The van der Waals surface area contributed by atoms with E-state index in [1.165, 1.54) is 17.0 Å². The first-order valence-corrected chi connectivity index (χ1v) is 7.84. The quantitative estimate of drug-likeness (QED) is 0.800. The SMILES string of the molecule is CN(C1CCCN(Cc2cocn2)C1)S(C)(=O)=O. The molecule has 1 aliphatic rings. The van der Waals surface area contributed by atoms with Crippen LogP contribution in [0.15, 0.2) is 17.1 Å². The lowest BCUT2D eigenvalue weighted by atomic mass is 10.1. The Morgan fingerprint density at radius 1 is 1.61 bits per heavy atom. The van der Waals surface area contributed by atoms with Gasteiger partial charge in [0.1, 0.15) is 6.26 Å². The third kappa shape index (κ3) is 3.30. The largest absolute Gasteiger partial charge is 0.451 e. The number of oxazole rings is 1. The van der Waals surface area contributed by atoms with Crippen molar-refractivity contribution in [2.45, 2.75) is 25.4 Å². The minimum absolute atomic E-state index is 0.0562. The second kappa shape index (κ2) is 5.38. The van der Waals surface area contributed by atoms with Crippen LogP contribution in [0.5, 0.6) is 0 Å². The molecule has 1 aromatic heterocycles. The number of rotatable bonds is 4. The van der Waals surface area contributed by atoms with Crippen LogP contribution in [0.1, 0.15) is 18.5 Å². The minimum atomic E-state index is -3.12. The van der Waals surface area contributed by atoms with Crippen LogP contribution in [-0.2, 0) is 16.6 Å². The summed E-state index contributed by atoms with van der Waals surface area (Å²) in [5.41, 5.74) is 0.887. The van der Waals surface area contributed by atoms with E-state index in [0.717, 1.165) is 31.6 Å². The molecule has 0 N–H and O–H groups in total. The molecule has 0 amide bonds. The highest BCUT2D eigenvalue weighted by molar-refractivity contribution is 7.88. The molecule has 1 atom stereocenters. The zero-order chi connectivity index (χ0) is 13.2. The summed E-state index contributed by atoms with van der Waals surface area (Å²) in [6.07, 6.45) is 6.22. The van der Waals surface area contributed by atoms with Crippen molar-refractivity contribution in [1.29, 1.82) is 0 Å². The summed E-state index contributed by atoms with van der Waals surface area (Å²) in [5.74, 6) is 0.